The first-order chi connectivity index (χ1) is 10.3. The van der Waals surface area contributed by atoms with Crippen molar-refractivity contribution in [3.05, 3.63) is 17.5 Å². The molecule has 5 heteroatoms. The molecule has 1 aromatic heterocycles. The second-order valence-corrected chi connectivity index (χ2v) is 6.67. The third-order valence-corrected chi connectivity index (χ3v) is 5.28. The van der Waals surface area contributed by atoms with Gasteiger partial charge < -0.3 is 14.3 Å². The second-order valence-electron chi connectivity index (χ2n) is 6.67. The maximum atomic E-state index is 12.8. The van der Waals surface area contributed by atoms with Gasteiger partial charge in [-0.2, -0.15) is 0 Å². The Balaban J connectivity index is 1.54. The van der Waals surface area contributed by atoms with Crippen molar-refractivity contribution in [1.82, 2.24) is 15.0 Å². The molecule has 1 aromatic rings. The summed E-state index contributed by atoms with van der Waals surface area (Å²) in [7, 11) is 0. The monoisotopic (exact) mass is 289 g/mol. The average molecular weight is 289 g/mol. The molecule has 3 heterocycles. The first-order valence-electron chi connectivity index (χ1n) is 8.28. The number of fused-ring (bicyclic) bond motifs is 2. The minimum Gasteiger partial charge on any atom is -0.360 e. The predicted octanol–water partition coefficient (Wildman–Crippen LogP) is 2.25. The molecule has 114 valence electrons. The van der Waals surface area contributed by atoms with Crippen molar-refractivity contribution in [1.29, 1.82) is 0 Å². The molecule has 1 saturated carbocycles. The van der Waals surface area contributed by atoms with Crippen LogP contribution in [0.25, 0.3) is 0 Å². The third kappa shape index (κ3) is 2.37. The molecule has 0 radical (unpaired) electrons. The number of amides is 1. The van der Waals surface area contributed by atoms with E-state index in [1.807, 2.05) is 6.07 Å². The van der Waals surface area contributed by atoms with Gasteiger partial charge in [0.1, 0.15) is 5.76 Å². The molecule has 2 aliphatic heterocycles. The van der Waals surface area contributed by atoms with Crippen molar-refractivity contribution < 1.29 is 9.32 Å². The van der Waals surface area contributed by atoms with Crippen LogP contribution < -0.4 is 0 Å². The fraction of sp³-hybridized carbons (Fsp3) is 0.750. The Bertz CT molecular complexity index is 537. The van der Waals surface area contributed by atoms with Crippen LogP contribution in [-0.4, -0.2) is 52.6 Å². The maximum absolute atomic E-state index is 12.8. The van der Waals surface area contributed by atoms with Crippen LogP contribution in [0.3, 0.4) is 0 Å². The molecule has 1 amide bonds. The number of rotatable bonds is 3. The summed E-state index contributed by atoms with van der Waals surface area (Å²) in [6, 6.07) is 2.62. The van der Waals surface area contributed by atoms with Crippen LogP contribution in [0.5, 0.6) is 0 Å². The summed E-state index contributed by atoms with van der Waals surface area (Å²) in [6.07, 6.45) is 5.69. The van der Waals surface area contributed by atoms with Gasteiger partial charge >= 0.3 is 0 Å². The van der Waals surface area contributed by atoms with Crippen molar-refractivity contribution in [3.63, 3.8) is 0 Å². The minimum absolute atomic E-state index is 0.0797. The zero-order valence-electron chi connectivity index (χ0n) is 12.6. The molecule has 0 spiro atoms. The normalized spacial score (nSPS) is 29.7. The minimum atomic E-state index is 0.0797. The van der Waals surface area contributed by atoms with Gasteiger partial charge in [0.2, 0.25) is 0 Å². The molecule has 3 fully saturated rings. The lowest BCUT2D eigenvalue weighted by molar-refractivity contribution is 0.0660. The van der Waals surface area contributed by atoms with Crippen LogP contribution in [-0.2, 0) is 0 Å². The third-order valence-electron chi connectivity index (χ3n) is 5.28. The molecule has 2 atom stereocenters. The van der Waals surface area contributed by atoms with Gasteiger partial charge in [-0.3, -0.25) is 4.79 Å². The fourth-order valence-electron chi connectivity index (χ4n) is 3.85. The molecule has 5 nitrogen and oxygen atoms in total. The summed E-state index contributed by atoms with van der Waals surface area (Å²) in [5.74, 6) is 1.49. The Morgan fingerprint density at radius 3 is 2.86 bits per heavy atom. The van der Waals surface area contributed by atoms with Gasteiger partial charge in [0.15, 0.2) is 5.69 Å². The van der Waals surface area contributed by atoms with E-state index in [0.29, 0.717) is 23.7 Å². The van der Waals surface area contributed by atoms with Crippen LogP contribution in [0.15, 0.2) is 10.6 Å². The highest BCUT2D eigenvalue weighted by atomic mass is 16.5. The molecule has 4 rings (SSSR count). The van der Waals surface area contributed by atoms with Crippen LogP contribution in [0, 0.1) is 0 Å². The van der Waals surface area contributed by atoms with Crippen molar-refractivity contribution >= 4 is 5.91 Å². The number of carbonyl (C=O) groups is 1. The van der Waals surface area contributed by atoms with Gasteiger partial charge in [0, 0.05) is 37.2 Å². The number of likely N-dealkylation sites (tertiary alicyclic amines) is 1. The largest absolute Gasteiger partial charge is 0.360 e. The van der Waals surface area contributed by atoms with E-state index in [1.54, 1.807) is 0 Å². The van der Waals surface area contributed by atoms with Crippen LogP contribution in [0.2, 0.25) is 0 Å². The SMILES string of the molecule is CCN1CCC2CCC(C1)N2C(=O)c1cc(C2CC2)on1. The number of nitrogens with zero attached hydrogens (tertiary/aromatic N) is 3. The second kappa shape index (κ2) is 5.13. The Morgan fingerprint density at radius 2 is 2.10 bits per heavy atom. The van der Waals surface area contributed by atoms with E-state index in [-0.39, 0.29) is 5.91 Å². The van der Waals surface area contributed by atoms with E-state index in [1.165, 1.54) is 12.8 Å². The Morgan fingerprint density at radius 1 is 1.29 bits per heavy atom. The predicted molar refractivity (Wildman–Crippen MR) is 78.2 cm³/mol. The lowest BCUT2D eigenvalue weighted by Gasteiger charge is -2.27. The number of hydrogen-bond donors (Lipinski definition) is 0. The molecule has 2 saturated heterocycles. The lowest BCUT2D eigenvalue weighted by atomic mass is 10.1. The Labute approximate surface area is 125 Å². The maximum Gasteiger partial charge on any atom is 0.276 e. The van der Waals surface area contributed by atoms with Crippen molar-refractivity contribution in [2.45, 2.75) is 57.0 Å². The van der Waals surface area contributed by atoms with E-state index in [9.17, 15) is 4.79 Å². The summed E-state index contributed by atoms with van der Waals surface area (Å²) < 4.78 is 5.36. The molecule has 2 bridgehead atoms. The zero-order chi connectivity index (χ0) is 14.4. The molecule has 0 N–H and O–H groups in total. The van der Waals surface area contributed by atoms with Gasteiger partial charge in [-0.15, -0.1) is 0 Å². The van der Waals surface area contributed by atoms with Crippen molar-refractivity contribution in [2.75, 3.05) is 19.6 Å². The summed E-state index contributed by atoms with van der Waals surface area (Å²) in [5.41, 5.74) is 0.513. The highest BCUT2D eigenvalue weighted by Crippen LogP contribution is 2.40. The summed E-state index contributed by atoms with van der Waals surface area (Å²) in [6.45, 7) is 5.38. The van der Waals surface area contributed by atoms with Crippen LogP contribution in [0.4, 0.5) is 0 Å². The first-order valence-corrected chi connectivity index (χ1v) is 8.28. The molecule has 2 unspecified atom stereocenters. The quantitative estimate of drug-likeness (QED) is 0.856. The van der Waals surface area contributed by atoms with E-state index in [4.69, 9.17) is 4.52 Å². The van der Waals surface area contributed by atoms with Gasteiger partial charge in [-0.05, 0) is 38.6 Å². The van der Waals surface area contributed by atoms with E-state index >= 15 is 0 Å². The topological polar surface area (TPSA) is 49.6 Å². The van der Waals surface area contributed by atoms with Gasteiger partial charge in [-0.25, -0.2) is 0 Å². The van der Waals surface area contributed by atoms with Crippen LogP contribution >= 0.6 is 0 Å². The number of carbonyl (C=O) groups excluding carboxylic acids is 1. The summed E-state index contributed by atoms with van der Waals surface area (Å²) in [5, 5.41) is 4.04. The Kier molecular flexibility index (Phi) is 3.25. The van der Waals surface area contributed by atoms with Gasteiger partial charge in [-0.1, -0.05) is 12.1 Å². The van der Waals surface area contributed by atoms with E-state index < -0.39 is 0 Å². The highest BCUT2D eigenvalue weighted by Gasteiger charge is 2.41. The Hall–Kier alpha value is -1.36. The number of likely N-dealkylation sites (N-methyl/N-ethyl adjacent to an activating group) is 1. The van der Waals surface area contributed by atoms with Crippen LogP contribution in [0.1, 0.15) is 61.2 Å². The van der Waals surface area contributed by atoms with Gasteiger partial charge in [0.05, 0.1) is 0 Å². The van der Waals surface area contributed by atoms with Crippen molar-refractivity contribution in [2.24, 2.45) is 0 Å². The lowest BCUT2D eigenvalue weighted by Crippen LogP contribution is -2.43. The highest BCUT2D eigenvalue weighted by molar-refractivity contribution is 5.93. The molecule has 0 aromatic carbocycles. The molecular weight excluding hydrogens is 266 g/mol. The fourth-order valence-corrected chi connectivity index (χ4v) is 3.85. The average Bonchev–Trinajstić information content (AvgIpc) is 3.12. The zero-order valence-corrected chi connectivity index (χ0v) is 12.6. The van der Waals surface area contributed by atoms with E-state index in [2.05, 4.69) is 21.9 Å². The molecule has 1 aliphatic carbocycles. The summed E-state index contributed by atoms with van der Waals surface area (Å²) >= 11 is 0. The molecule has 21 heavy (non-hydrogen) atoms. The standard InChI is InChI=1S/C16H23N3O2/c1-2-18-8-7-12-5-6-13(10-18)19(12)16(20)14-9-15(21-17-14)11-3-4-11/h9,11-13H,2-8,10H2,1H3. The number of hydrogen-bond acceptors (Lipinski definition) is 4. The van der Waals surface area contributed by atoms with E-state index in [0.717, 1.165) is 44.7 Å². The first kappa shape index (κ1) is 13.3. The number of aromatic nitrogens is 1. The van der Waals surface area contributed by atoms with Gasteiger partial charge in [0.25, 0.3) is 5.91 Å². The molecular formula is C16H23N3O2. The van der Waals surface area contributed by atoms with Crippen molar-refractivity contribution in [3.8, 4) is 0 Å². The smallest absolute Gasteiger partial charge is 0.276 e. The summed E-state index contributed by atoms with van der Waals surface area (Å²) in [4.78, 5) is 17.4. The molecule has 3 aliphatic rings.